The van der Waals surface area contributed by atoms with Crippen molar-refractivity contribution in [2.75, 3.05) is 7.05 Å². The maximum Gasteiger partial charge on any atom is 0.332 e. The monoisotopic (exact) mass is 197 g/mol. The molecule has 1 heterocycles. The number of carbonyl (C=O) groups excluding carboxylic acids is 1. The first-order valence-electron chi connectivity index (χ1n) is 4.10. The highest BCUT2D eigenvalue weighted by Gasteiger charge is 2.21. The van der Waals surface area contributed by atoms with Crippen LogP contribution in [0.15, 0.2) is 16.6 Å². The lowest BCUT2D eigenvalue weighted by Gasteiger charge is -2.08. The number of hydrogen-bond donors (Lipinski definition) is 3. The summed E-state index contributed by atoms with van der Waals surface area (Å²) >= 11 is 0. The number of nitrogens with zero attached hydrogens (tertiary/aromatic N) is 2. The third-order valence-corrected chi connectivity index (χ3v) is 2.00. The summed E-state index contributed by atoms with van der Waals surface area (Å²) in [4.78, 5) is 10.4. The van der Waals surface area contributed by atoms with Crippen LogP contribution in [0.3, 0.4) is 0 Å². The molecule has 6 nitrogen and oxygen atoms in total. The van der Waals surface area contributed by atoms with Crippen molar-refractivity contribution in [2.24, 2.45) is 10.8 Å². The van der Waals surface area contributed by atoms with Crippen LogP contribution >= 0.6 is 0 Å². The van der Waals surface area contributed by atoms with Crippen molar-refractivity contribution in [3.63, 3.8) is 0 Å². The Balaban J connectivity index is 2.87. The molecule has 14 heavy (non-hydrogen) atoms. The van der Waals surface area contributed by atoms with Crippen molar-refractivity contribution < 1.29 is 14.5 Å². The maximum absolute atomic E-state index is 10.4. The molecule has 0 aromatic rings. The summed E-state index contributed by atoms with van der Waals surface area (Å²) in [6, 6.07) is -0.748. The first-order valence-corrected chi connectivity index (χ1v) is 4.10. The second-order valence-corrected chi connectivity index (χ2v) is 2.97. The van der Waals surface area contributed by atoms with Gasteiger partial charge in [0.15, 0.2) is 6.21 Å². The van der Waals surface area contributed by atoms with Gasteiger partial charge in [-0.3, -0.25) is 0 Å². The second-order valence-electron chi connectivity index (χ2n) is 2.97. The summed E-state index contributed by atoms with van der Waals surface area (Å²) in [5, 5.41) is 13.3. The van der Waals surface area contributed by atoms with E-state index in [1.54, 1.807) is 11.5 Å². The highest BCUT2D eigenvalue weighted by Crippen LogP contribution is 2.09. The molecule has 1 rings (SSSR count). The lowest BCUT2D eigenvalue weighted by Crippen LogP contribution is -2.28. The minimum Gasteiger partial charge on any atom is -0.501 e. The van der Waals surface area contributed by atoms with Crippen molar-refractivity contribution in [3.05, 3.63) is 11.5 Å². The number of nitrogens with one attached hydrogen (secondary N) is 1. The Morgan fingerprint density at radius 2 is 2.43 bits per heavy atom. The zero-order valence-electron chi connectivity index (χ0n) is 8.11. The Hall–Kier alpha value is -1.85. The van der Waals surface area contributed by atoms with Crippen molar-refractivity contribution in [1.82, 2.24) is 5.43 Å². The van der Waals surface area contributed by atoms with Crippen LogP contribution in [-0.2, 0) is 0 Å². The number of hydrogen-bond acceptors (Lipinski definition) is 3. The minimum atomic E-state index is -0.748. The first-order chi connectivity index (χ1) is 6.52. The van der Waals surface area contributed by atoms with E-state index in [1.807, 2.05) is 13.3 Å². The molecule has 0 saturated carbocycles. The van der Waals surface area contributed by atoms with Gasteiger partial charge in [0.05, 0.1) is 6.42 Å². The van der Waals surface area contributed by atoms with Gasteiger partial charge in [0.25, 0.3) is 0 Å². The largest absolute Gasteiger partial charge is 0.501 e. The molecule has 76 valence electrons. The van der Waals surface area contributed by atoms with Gasteiger partial charge in [-0.15, -0.1) is 0 Å². The van der Waals surface area contributed by atoms with Gasteiger partial charge in [0.2, 0.25) is 11.5 Å². The van der Waals surface area contributed by atoms with Crippen LogP contribution in [0, 0.1) is 0 Å². The van der Waals surface area contributed by atoms with Gasteiger partial charge in [0, 0.05) is 6.92 Å². The molecular weight excluding hydrogens is 184 g/mol. The average molecular weight is 197 g/mol. The summed E-state index contributed by atoms with van der Waals surface area (Å²) in [5.74, 6) is 0.0729. The molecule has 0 bridgehead atoms. The number of nitrogens with two attached hydrogens (primary N) is 1. The Kier molecular flexibility index (Phi) is 2.85. The number of primary amides is 1. The number of hydrazone groups is 1. The smallest absolute Gasteiger partial charge is 0.332 e. The predicted octanol–water partition coefficient (Wildman–Crippen LogP) is -0.0830. The molecule has 0 unspecified atom stereocenters. The van der Waals surface area contributed by atoms with E-state index in [-0.39, 0.29) is 5.76 Å². The van der Waals surface area contributed by atoms with E-state index in [4.69, 9.17) is 5.73 Å². The SMILES string of the molecule is CC1=C(O)C(=NNC(N)=O)CC=[N+]1C. The van der Waals surface area contributed by atoms with Crippen LogP contribution in [0.4, 0.5) is 4.79 Å². The Morgan fingerprint density at radius 3 is 3.00 bits per heavy atom. The number of rotatable bonds is 1. The van der Waals surface area contributed by atoms with Gasteiger partial charge in [0.1, 0.15) is 12.8 Å². The third-order valence-electron chi connectivity index (χ3n) is 2.00. The zero-order valence-corrected chi connectivity index (χ0v) is 8.11. The fraction of sp³-hybridized carbons (Fsp3) is 0.375. The van der Waals surface area contributed by atoms with Crippen LogP contribution in [0.25, 0.3) is 0 Å². The molecule has 0 aromatic carbocycles. The molecule has 2 amide bonds. The molecule has 4 N–H and O–H groups in total. The summed E-state index contributed by atoms with van der Waals surface area (Å²) in [7, 11) is 1.82. The standard InChI is InChI=1S/C8H12N4O2/c1-5-7(13)6(3-4-12(5)2)10-11-8(9)14/h4H,3H2,1-2H3,(H3-,9,11,13,14)/p+1. The maximum atomic E-state index is 10.4. The molecular formula is C8H13N4O2+. The molecule has 0 atom stereocenters. The minimum absolute atomic E-state index is 0.0729. The van der Waals surface area contributed by atoms with E-state index in [9.17, 15) is 9.90 Å². The van der Waals surface area contributed by atoms with E-state index in [1.165, 1.54) is 0 Å². The van der Waals surface area contributed by atoms with Gasteiger partial charge in [-0.05, 0) is 0 Å². The number of amides is 2. The highest BCUT2D eigenvalue weighted by atomic mass is 16.3. The second kappa shape index (κ2) is 3.91. The number of allylic oxidation sites excluding steroid dienone is 2. The van der Waals surface area contributed by atoms with Gasteiger partial charge >= 0.3 is 6.03 Å². The van der Waals surface area contributed by atoms with Crippen molar-refractivity contribution in [1.29, 1.82) is 0 Å². The molecule has 1 aliphatic rings. The van der Waals surface area contributed by atoms with Crippen LogP contribution in [-0.4, -0.2) is 34.7 Å². The zero-order chi connectivity index (χ0) is 10.7. The number of aliphatic hydroxyl groups is 1. The average Bonchev–Trinajstić information content (AvgIpc) is 2.13. The summed E-state index contributed by atoms with van der Waals surface area (Å²) in [5.41, 5.74) is 8.00. The summed E-state index contributed by atoms with van der Waals surface area (Å²) in [6.45, 7) is 1.75. The summed E-state index contributed by atoms with van der Waals surface area (Å²) < 4.78 is 1.79. The van der Waals surface area contributed by atoms with Crippen LogP contribution in [0.2, 0.25) is 0 Å². The lowest BCUT2D eigenvalue weighted by molar-refractivity contribution is -0.442. The fourth-order valence-corrected chi connectivity index (χ4v) is 1.05. The normalized spacial score (nSPS) is 19.6. The molecule has 1 aliphatic heterocycles. The van der Waals surface area contributed by atoms with Gasteiger partial charge < -0.3 is 10.8 Å². The highest BCUT2D eigenvalue weighted by molar-refractivity contribution is 6.06. The fourth-order valence-electron chi connectivity index (χ4n) is 1.05. The lowest BCUT2D eigenvalue weighted by atomic mass is 10.1. The van der Waals surface area contributed by atoms with Gasteiger partial charge in [-0.25, -0.2) is 14.8 Å². The quantitative estimate of drug-likeness (QED) is 0.405. The van der Waals surface area contributed by atoms with E-state index in [2.05, 4.69) is 10.5 Å². The van der Waals surface area contributed by atoms with Gasteiger partial charge in [-0.2, -0.15) is 5.10 Å². The molecule has 0 aliphatic carbocycles. The summed E-state index contributed by atoms with van der Waals surface area (Å²) in [6.07, 6.45) is 2.30. The number of carbonyl (C=O) groups is 1. The van der Waals surface area contributed by atoms with Crippen molar-refractivity contribution in [3.8, 4) is 0 Å². The first kappa shape index (κ1) is 10.2. The van der Waals surface area contributed by atoms with E-state index >= 15 is 0 Å². The van der Waals surface area contributed by atoms with E-state index in [0.717, 1.165) is 0 Å². The third kappa shape index (κ3) is 2.09. The Morgan fingerprint density at radius 1 is 1.79 bits per heavy atom. The molecule has 0 spiro atoms. The number of urea groups is 1. The topological polar surface area (TPSA) is 90.7 Å². The Bertz CT molecular complexity index is 354. The molecule has 0 saturated heterocycles. The van der Waals surface area contributed by atoms with Crippen molar-refractivity contribution >= 4 is 18.0 Å². The predicted molar refractivity (Wildman–Crippen MR) is 52.3 cm³/mol. The molecule has 0 aromatic heterocycles. The molecule has 0 fully saturated rings. The van der Waals surface area contributed by atoms with Gasteiger partial charge in [-0.1, -0.05) is 0 Å². The van der Waals surface area contributed by atoms with Crippen LogP contribution in [0.5, 0.6) is 0 Å². The van der Waals surface area contributed by atoms with E-state index in [0.29, 0.717) is 17.8 Å². The van der Waals surface area contributed by atoms with Crippen LogP contribution in [0.1, 0.15) is 13.3 Å². The van der Waals surface area contributed by atoms with Crippen molar-refractivity contribution in [2.45, 2.75) is 13.3 Å². The Labute approximate surface area is 81.4 Å². The molecule has 6 heteroatoms. The molecule has 0 radical (unpaired) electrons. The number of aliphatic hydroxyl groups excluding tert-OH is 1. The van der Waals surface area contributed by atoms with E-state index < -0.39 is 6.03 Å². The van der Waals surface area contributed by atoms with Crippen LogP contribution < -0.4 is 11.2 Å².